The molecule has 1 heterocycles. The Kier molecular flexibility index (Phi) is 4.25. The van der Waals surface area contributed by atoms with E-state index >= 15 is 0 Å². The highest BCUT2D eigenvalue weighted by molar-refractivity contribution is 5.78. The predicted molar refractivity (Wildman–Crippen MR) is 78.5 cm³/mol. The van der Waals surface area contributed by atoms with Gasteiger partial charge in [-0.3, -0.25) is 0 Å². The number of rotatable bonds is 4. The summed E-state index contributed by atoms with van der Waals surface area (Å²) in [6.07, 6.45) is -0.436. The Balaban J connectivity index is 2.04. The summed E-state index contributed by atoms with van der Waals surface area (Å²) in [6.45, 7) is -2.59. The van der Waals surface area contributed by atoms with Gasteiger partial charge in [0.15, 0.2) is 6.10 Å². The first kappa shape index (κ1) is 15.4. The normalized spacial score (nSPS) is 16.9. The molecule has 3 rings (SSSR count). The number of ether oxygens (including phenoxy) is 2. The van der Waals surface area contributed by atoms with Crippen LogP contribution in [0.1, 0.15) is 17.2 Å². The summed E-state index contributed by atoms with van der Waals surface area (Å²) in [4.78, 5) is 11.3. The number of carbonyl (C=O) groups is 1. The van der Waals surface area contributed by atoms with Crippen molar-refractivity contribution in [2.45, 2.75) is 19.1 Å². The number of benzene rings is 2. The van der Waals surface area contributed by atoms with Crippen LogP contribution in [0.15, 0.2) is 42.5 Å². The molecular weight excluding hydrogens is 306 g/mol. The summed E-state index contributed by atoms with van der Waals surface area (Å²) in [5.41, 5.74) is 2.96. The highest BCUT2D eigenvalue weighted by Gasteiger charge is 2.28. The van der Waals surface area contributed by atoms with Crippen LogP contribution in [0.2, 0.25) is 0 Å². The van der Waals surface area contributed by atoms with Gasteiger partial charge in [0.1, 0.15) is 5.75 Å². The number of aliphatic carboxylic acids is 1. The maximum atomic E-state index is 12.4. The van der Waals surface area contributed by atoms with Crippen molar-refractivity contribution in [2.75, 3.05) is 6.61 Å². The van der Waals surface area contributed by atoms with Gasteiger partial charge in [0.25, 0.3) is 0 Å². The highest BCUT2D eigenvalue weighted by atomic mass is 19.3. The van der Waals surface area contributed by atoms with Crippen LogP contribution in [-0.2, 0) is 16.0 Å². The minimum absolute atomic E-state index is 0.0666. The summed E-state index contributed by atoms with van der Waals surface area (Å²) in [6, 6.07) is 11.7. The molecule has 120 valence electrons. The van der Waals surface area contributed by atoms with Crippen LogP contribution in [0.5, 0.6) is 5.75 Å². The molecule has 1 aliphatic rings. The molecule has 4 nitrogen and oxygen atoms in total. The first-order valence-electron chi connectivity index (χ1n) is 7.07. The van der Waals surface area contributed by atoms with E-state index < -0.39 is 18.7 Å². The third-order valence-corrected chi connectivity index (χ3v) is 3.73. The number of fused-ring (bicyclic) bond motifs is 1. The van der Waals surface area contributed by atoms with Gasteiger partial charge in [-0.25, -0.2) is 4.79 Å². The van der Waals surface area contributed by atoms with Crippen LogP contribution < -0.4 is 4.74 Å². The lowest BCUT2D eigenvalue weighted by atomic mass is 9.89. The minimum Gasteiger partial charge on any atom is -0.479 e. The molecule has 6 heteroatoms. The molecule has 0 aromatic heterocycles. The molecule has 0 aliphatic carbocycles. The van der Waals surface area contributed by atoms with E-state index in [1.165, 1.54) is 12.1 Å². The van der Waals surface area contributed by atoms with Crippen LogP contribution in [-0.4, -0.2) is 24.3 Å². The van der Waals surface area contributed by atoms with E-state index in [-0.39, 0.29) is 5.75 Å². The summed E-state index contributed by atoms with van der Waals surface area (Å²) in [7, 11) is 0. The average Bonchev–Trinajstić information content (AvgIpc) is 2.53. The SMILES string of the molecule is O=C(O)C1OCCc2c(-c3cccc(OC(F)F)c3)cccc21. The quantitative estimate of drug-likeness (QED) is 0.934. The molecule has 2 aromatic rings. The zero-order chi connectivity index (χ0) is 16.4. The Labute approximate surface area is 131 Å². The smallest absolute Gasteiger partial charge is 0.387 e. The van der Waals surface area contributed by atoms with Crippen molar-refractivity contribution in [3.05, 3.63) is 53.6 Å². The van der Waals surface area contributed by atoms with E-state index in [2.05, 4.69) is 4.74 Å². The topological polar surface area (TPSA) is 55.8 Å². The number of carboxylic acids is 1. The molecule has 0 radical (unpaired) electrons. The van der Waals surface area contributed by atoms with Crippen molar-refractivity contribution in [1.82, 2.24) is 0 Å². The average molecular weight is 320 g/mol. The van der Waals surface area contributed by atoms with Crippen LogP contribution in [0.25, 0.3) is 11.1 Å². The molecule has 0 spiro atoms. The van der Waals surface area contributed by atoms with Gasteiger partial charge in [-0.2, -0.15) is 8.78 Å². The monoisotopic (exact) mass is 320 g/mol. The molecular formula is C17H14F2O4. The zero-order valence-electron chi connectivity index (χ0n) is 12.0. The van der Waals surface area contributed by atoms with Crippen molar-refractivity contribution in [3.8, 4) is 16.9 Å². The van der Waals surface area contributed by atoms with Crippen molar-refractivity contribution in [3.63, 3.8) is 0 Å². The van der Waals surface area contributed by atoms with Gasteiger partial charge < -0.3 is 14.6 Å². The van der Waals surface area contributed by atoms with Gasteiger partial charge in [0.05, 0.1) is 6.61 Å². The number of halogens is 2. The maximum Gasteiger partial charge on any atom is 0.387 e. The van der Waals surface area contributed by atoms with E-state index in [0.717, 1.165) is 11.1 Å². The summed E-state index contributed by atoms with van der Waals surface area (Å²) in [5.74, 6) is -0.977. The lowest BCUT2D eigenvalue weighted by molar-refractivity contribution is -0.151. The first-order chi connectivity index (χ1) is 11.1. The fraction of sp³-hybridized carbons (Fsp3) is 0.235. The number of carboxylic acid groups (broad SMARTS) is 1. The number of hydrogen-bond donors (Lipinski definition) is 1. The molecule has 0 saturated heterocycles. The van der Waals surface area contributed by atoms with Crippen LogP contribution in [0.3, 0.4) is 0 Å². The Bertz CT molecular complexity index is 730. The molecule has 23 heavy (non-hydrogen) atoms. The summed E-state index contributed by atoms with van der Waals surface area (Å²) in [5, 5.41) is 9.26. The van der Waals surface area contributed by atoms with Crippen LogP contribution in [0, 0.1) is 0 Å². The third-order valence-electron chi connectivity index (χ3n) is 3.73. The Hall–Kier alpha value is -2.47. The molecule has 1 aliphatic heterocycles. The Morgan fingerprint density at radius 1 is 1.26 bits per heavy atom. The standard InChI is InChI=1S/C17H14F2O4/c18-17(19)23-11-4-1-3-10(9-11)12-5-2-6-14-13(12)7-8-22-15(14)16(20)21/h1-6,9,15,17H,7-8H2,(H,20,21). The van der Waals surface area contributed by atoms with E-state index in [4.69, 9.17) is 4.74 Å². The fourth-order valence-electron chi connectivity index (χ4n) is 2.81. The zero-order valence-corrected chi connectivity index (χ0v) is 12.0. The van der Waals surface area contributed by atoms with Gasteiger partial charge >= 0.3 is 12.6 Å². The van der Waals surface area contributed by atoms with Crippen LogP contribution >= 0.6 is 0 Å². The van der Waals surface area contributed by atoms with Crippen molar-refractivity contribution < 1.29 is 28.2 Å². The van der Waals surface area contributed by atoms with Crippen molar-refractivity contribution in [2.24, 2.45) is 0 Å². The van der Waals surface area contributed by atoms with E-state index in [0.29, 0.717) is 24.2 Å². The molecule has 1 atom stereocenters. The number of alkyl halides is 2. The minimum atomic E-state index is -2.89. The van der Waals surface area contributed by atoms with Gasteiger partial charge in [0.2, 0.25) is 0 Å². The van der Waals surface area contributed by atoms with Crippen molar-refractivity contribution >= 4 is 5.97 Å². The Morgan fingerprint density at radius 2 is 2.04 bits per heavy atom. The second-order valence-corrected chi connectivity index (χ2v) is 5.12. The molecule has 0 saturated carbocycles. The predicted octanol–water partition coefficient (Wildman–Crippen LogP) is 3.65. The molecule has 0 amide bonds. The maximum absolute atomic E-state index is 12.4. The summed E-state index contributed by atoms with van der Waals surface area (Å²) < 4.78 is 34.5. The van der Waals surface area contributed by atoms with Crippen LogP contribution in [0.4, 0.5) is 8.78 Å². The van der Waals surface area contributed by atoms with Gasteiger partial charge in [-0.15, -0.1) is 0 Å². The number of hydrogen-bond acceptors (Lipinski definition) is 3. The fourth-order valence-corrected chi connectivity index (χ4v) is 2.81. The lowest BCUT2D eigenvalue weighted by Crippen LogP contribution is -2.23. The largest absolute Gasteiger partial charge is 0.479 e. The van der Waals surface area contributed by atoms with E-state index in [1.807, 2.05) is 6.07 Å². The molecule has 1 N–H and O–H groups in total. The van der Waals surface area contributed by atoms with Crippen molar-refractivity contribution in [1.29, 1.82) is 0 Å². The first-order valence-corrected chi connectivity index (χ1v) is 7.07. The van der Waals surface area contributed by atoms with E-state index in [9.17, 15) is 18.7 Å². The summed E-state index contributed by atoms with van der Waals surface area (Å²) >= 11 is 0. The molecule has 0 fully saturated rings. The lowest BCUT2D eigenvalue weighted by Gasteiger charge is -2.25. The third kappa shape index (κ3) is 3.17. The van der Waals surface area contributed by atoms with E-state index in [1.54, 1.807) is 24.3 Å². The molecule has 1 unspecified atom stereocenters. The second kappa shape index (κ2) is 6.34. The highest BCUT2D eigenvalue weighted by Crippen LogP contribution is 2.35. The second-order valence-electron chi connectivity index (χ2n) is 5.12. The van der Waals surface area contributed by atoms with Gasteiger partial charge in [0, 0.05) is 0 Å². The molecule has 0 bridgehead atoms. The van der Waals surface area contributed by atoms with Gasteiger partial charge in [-0.05, 0) is 40.8 Å². The molecule has 2 aromatic carbocycles. The Morgan fingerprint density at radius 3 is 2.78 bits per heavy atom. The van der Waals surface area contributed by atoms with Gasteiger partial charge in [-0.1, -0.05) is 30.3 Å².